The third-order valence-corrected chi connectivity index (χ3v) is 5.16. The van der Waals surface area contributed by atoms with Crippen LogP contribution in [0.15, 0.2) is 30.3 Å². The molecule has 4 heteroatoms. The average Bonchev–Trinajstić information content (AvgIpc) is 2.64. The lowest BCUT2D eigenvalue weighted by atomic mass is 9.91. The first-order valence-corrected chi connectivity index (χ1v) is 9.35. The number of aliphatic hydroxyl groups is 1. The van der Waals surface area contributed by atoms with Crippen molar-refractivity contribution in [1.29, 1.82) is 0 Å². The molecule has 2 rings (SSSR count). The zero-order chi connectivity index (χ0) is 20.0. The molecule has 0 fully saturated rings. The zero-order valence-electron chi connectivity index (χ0n) is 17.4. The summed E-state index contributed by atoms with van der Waals surface area (Å²) in [6.07, 6.45) is 1.26. The first-order valence-electron chi connectivity index (χ1n) is 9.35. The fraction of sp³-hybridized carbons (Fsp3) is 0.478. The minimum absolute atomic E-state index is 0.283. The standard InChI is InChI=1S/C23H32O4/c1-16-17(2)22(26-6)20(18(3)21(16)25-5)12-13-23(4,24)15-27-14-19-10-8-7-9-11-19/h7-11,24H,12-15H2,1-6H3/t23-/m0/s1. The Hall–Kier alpha value is -2.04. The highest BCUT2D eigenvalue weighted by atomic mass is 16.5. The summed E-state index contributed by atoms with van der Waals surface area (Å²) in [6.45, 7) is 8.73. The van der Waals surface area contributed by atoms with Gasteiger partial charge >= 0.3 is 0 Å². The van der Waals surface area contributed by atoms with Crippen molar-refractivity contribution >= 4 is 0 Å². The Morgan fingerprint density at radius 2 is 1.48 bits per heavy atom. The average molecular weight is 373 g/mol. The van der Waals surface area contributed by atoms with E-state index in [0.717, 1.165) is 39.3 Å². The molecule has 4 nitrogen and oxygen atoms in total. The van der Waals surface area contributed by atoms with Crippen LogP contribution in [0.4, 0.5) is 0 Å². The number of ether oxygens (including phenoxy) is 3. The molecule has 0 aliphatic rings. The first-order chi connectivity index (χ1) is 12.8. The van der Waals surface area contributed by atoms with Crippen molar-refractivity contribution < 1.29 is 19.3 Å². The fourth-order valence-electron chi connectivity index (χ4n) is 3.47. The molecule has 0 aromatic heterocycles. The second kappa shape index (κ2) is 9.25. The van der Waals surface area contributed by atoms with Crippen LogP contribution in [0, 0.1) is 20.8 Å². The molecule has 1 N–H and O–H groups in total. The van der Waals surface area contributed by atoms with E-state index in [9.17, 15) is 5.11 Å². The second-order valence-corrected chi connectivity index (χ2v) is 7.40. The van der Waals surface area contributed by atoms with Gasteiger partial charge in [0.1, 0.15) is 11.5 Å². The van der Waals surface area contributed by atoms with Crippen molar-refractivity contribution in [3.05, 3.63) is 58.1 Å². The van der Waals surface area contributed by atoms with E-state index in [1.54, 1.807) is 14.2 Å². The van der Waals surface area contributed by atoms with E-state index in [1.807, 2.05) is 58.0 Å². The minimum atomic E-state index is -0.918. The number of hydrogen-bond donors (Lipinski definition) is 1. The van der Waals surface area contributed by atoms with Crippen LogP contribution in [0.25, 0.3) is 0 Å². The zero-order valence-corrected chi connectivity index (χ0v) is 17.4. The third kappa shape index (κ3) is 5.24. The second-order valence-electron chi connectivity index (χ2n) is 7.40. The molecule has 0 amide bonds. The molecule has 1 atom stereocenters. The van der Waals surface area contributed by atoms with E-state index in [4.69, 9.17) is 14.2 Å². The third-order valence-electron chi connectivity index (χ3n) is 5.16. The van der Waals surface area contributed by atoms with Gasteiger partial charge in [-0.05, 0) is 62.8 Å². The lowest BCUT2D eigenvalue weighted by molar-refractivity contribution is -0.0441. The molecular formula is C23H32O4. The predicted octanol–water partition coefficient (Wildman–Crippen LogP) is 4.53. The van der Waals surface area contributed by atoms with Gasteiger partial charge in [-0.15, -0.1) is 0 Å². The molecule has 0 saturated carbocycles. The molecule has 0 radical (unpaired) electrons. The van der Waals surface area contributed by atoms with Crippen molar-refractivity contribution in [2.45, 2.75) is 52.7 Å². The van der Waals surface area contributed by atoms with Crippen LogP contribution in [0.5, 0.6) is 11.5 Å². The lowest BCUT2D eigenvalue weighted by Gasteiger charge is -2.26. The largest absolute Gasteiger partial charge is 0.496 e. The van der Waals surface area contributed by atoms with Crippen molar-refractivity contribution in [2.24, 2.45) is 0 Å². The molecule has 27 heavy (non-hydrogen) atoms. The van der Waals surface area contributed by atoms with Crippen LogP contribution < -0.4 is 9.47 Å². The van der Waals surface area contributed by atoms with E-state index in [0.29, 0.717) is 19.4 Å². The molecule has 0 spiro atoms. The highest BCUT2D eigenvalue weighted by Gasteiger charge is 2.24. The van der Waals surface area contributed by atoms with Gasteiger partial charge in [0.05, 0.1) is 33.0 Å². The van der Waals surface area contributed by atoms with Gasteiger partial charge in [0.2, 0.25) is 0 Å². The molecule has 0 bridgehead atoms. The van der Waals surface area contributed by atoms with Crippen molar-refractivity contribution in [3.8, 4) is 11.5 Å². The van der Waals surface area contributed by atoms with Gasteiger partial charge < -0.3 is 19.3 Å². The van der Waals surface area contributed by atoms with Crippen molar-refractivity contribution in [3.63, 3.8) is 0 Å². The summed E-state index contributed by atoms with van der Waals surface area (Å²) in [5.74, 6) is 1.77. The fourth-order valence-corrected chi connectivity index (χ4v) is 3.47. The van der Waals surface area contributed by atoms with Gasteiger partial charge in [-0.2, -0.15) is 0 Å². The smallest absolute Gasteiger partial charge is 0.125 e. The quantitative estimate of drug-likeness (QED) is 0.703. The Bertz CT molecular complexity index is 751. The summed E-state index contributed by atoms with van der Waals surface area (Å²) in [5, 5.41) is 10.8. The summed E-state index contributed by atoms with van der Waals surface area (Å²) >= 11 is 0. The maximum Gasteiger partial charge on any atom is 0.125 e. The van der Waals surface area contributed by atoms with Gasteiger partial charge in [-0.3, -0.25) is 0 Å². The topological polar surface area (TPSA) is 47.9 Å². The number of benzene rings is 2. The highest BCUT2D eigenvalue weighted by molar-refractivity contribution is 5.58. The van der Waals surface area contributed by atoms with Gasteiger partial charge in [0, 0.05) is 5.56 Å². The van der Waals surface area contributed by atoms with E-state index in [2.05, 4.69) is 0 Å². The van der Waals surface area contributed by atoms with Crippen LogP contribution in [0.3, 0.4) is 0 Å². The Kier molecular flexibility index (Phi) is 7.28. The number of rotatable bonds is 9. The molecule has 0 unspecified atom stereocenters. The van der Waals surface area contributed by atoms with E-state index < -0.39 is 5.60 Å². The minimum Gasteiger partial charge on any atom is -0.496 e. The van der Waals surface area contributed by atoms with Crippen molar-refractivity contribution in [2.75, 3.05) is 20.8 Å². The normalized spacial score (nSPS) is 13.3. The van der Waals surface area contributed by atoms with E-state index >= 15 is 0 Å². The monoisotopic (exact) mass is 372 g/mol. The Balaban J connectivity index is 2.07. The molecule has 0 saturated heterocycles. The van der Waals surface area contributed by atoms with Gasteiger partial charge in [0.25, 0.3) is 0 Å². The molecule has 2 aromatic carbocycles. The maximum atomic E-state index is 10.8. The summed E-state index contributed by atoms with van der Waals surface area (Å²) in [4.78, 5) is 0. The summed E-state index contributed by atoms with van der Waals surface area (Å²) in [6, 6.07) is 9.99. The summed E-state index contributed by atoms with van der Waals surface area (Å²) in [5.41, 5.74) is 4.51. The molecule has 0 heterocycles. The summed E-state index contributed by atoms with van der Waals surface area (Å²) in [7, 11) is 3.39. The van der Waals surface area contributed by atoms with Crippen LogP contribution in [-0.2, 0) is 17.8 Å². The molecule has 0 aliphatic carbocycles. The molecule has 148 valence electrons. The SMILES string of the molecule is COc1c(C)c(C)c(OC)c(CC[C@](C)(O)COCc2ccccc2)c1C. The Labute approximate surface area is 163 Å². The molecular weight excluding hydrogens is 340 g/mol. The number of methoxy groups -OCH3 is 2. The Morgan fingerprint density at radius 3 is 2.07 bits per heavy atom. The van der Waals surface area contributed by atoms with Gasteiger partial charge in [-0.25, -0.2) is 0 Å². The van der Waals surface area contributed by atoms with Gasteiger partial charge in [0.15, 0.2) is 0 Å². The van der Waals surface area contributed by atoms with E-state index in [1.165, 1.54) is 0 Å². The lowest BCUT2D eigenvalue weighted by Crippen LogP contribution is -2.31. The maximum absolute atomic E-state index is 10.8. The number of hydrogen-bond acceptors (Lipinski definition) is 4. The van der Waals surface area contributed by atoms with Crippen LogP contribution in [-0.4, -0.2) is 31.5 Å². The molecule has 2 aromatic rings. The van der Waals surface area contributed by atoms with Crippen LogP contribution in [0.2, 0.25) is 0 Å². The van der Waals surface area contributed by atoms with Crippen molar-refractivity contribution in [1.82, 2.24) is 0 Å². The predicted molar refractivity (Wildman–Crippen MR) is 109 cm³/mol. The summed E-state index contributed by atoms with van der Waals surface area (Å²) < 4.78 is 17.0. The van der Waals surface area contributed by atoms with Crippen LogP contribution in [0.1, 0.15) is 41.2 Å². The van der Waals surface area contributed by atoms with Crippen LogP contribution >= 0.6 is 0 Å². The van der Waals surface area contributed by atoms with E-state index in [-0.39, 0.29) is 6.61 Å². The van der Waals surface area contributed by atoms with Gasteiger partial charge in [-0.1, -0.05) is 30.3 Å². The Morgan fingerprint density at radius 1 is 0.889 bits per heavy atom. The first kappa shape index (κ1) is 21.3. The highest BCUT2D eigenvalue weighted by Crippen LogP contribution is 2.38. The molecule has 0 aliphatic heterocycles.